The molecule has 26 heavy (non-hydrogen) atoms. The van der Waals surface area contributed by atoms with Gasteiger partial charge in [0.1, 0.15) is 0 Å². The largest absolute Gasteiger partial charge is 0.346 e. The van der Waals surface area contributed by atoms with Crippen molar-refractivity contribution in [3.8, 4) is 0 Å². The average molecular weight is 354 g/mol. The number of amides is 1. The Hall–Kier alpha value is -2.14. The third kappa shape index (κ3) is 3.54. The van der Waals surface area contributed by atoms with Gasteiger partial charge < -0.3 is 5.32 Å². The van der Waals surface area contributed by atoms with Crippen LogP contribution in [0.15, 0.2) is 18.2 Å². The summed E-state index contributed by atoms with van der Waals surface area (Å²) in [6.07, 6.45) is 0.854. The highest BCUT2D eigenvalue weighted by Crippen LogP contribution is 2.31. The summed E-state index contributed by atoms with van der Waals surface area (Å²) in [4.78, 5) is 15.4. The van der Waals surface area contributed by atoms with Gasteiger partial charge in [-0.3, -0.25) is 4.90 Å². The number of nitrogens with zero attached hydrogens (tertiary/aromatic N) is 3. The number of likely N-dealkylation sites (N-methyl/N-ethyl adjacent to an activating group) is 1. The maximum absolute atomic E-state index is 13.0. The zero-order chi connectivity index (χ0) is 19.1. The fourth-order valence-corrected chi connectivity index (χ4v) is 3.64. The Balaban J connectivity index is 1.97. The van der Waals surface area contributed by atoms with Crippen molar-refractivity contribution in [3.05, 3.63) is 46.3 Å². The van der Waals surface area contributed by atoms with E-state index in [1.165, 1.54) is 11.1 Å². The van der Waals surface area contributed by atoms with Gasteiger partial charge in [0.25, 0.3) is 0 Å². The van der Waals surface area contributed by atoms with Crippen LogP contribution in [0, 0.1) is 13.8 Å². The van der Waals surface area contributed by atoms with Crippen molar-refractivity contribution in [3.63, 3.8) is 0 Å². The first kappa shape index (κ1) is 18.6. The first-order valence-electron chi connectivity index (χ1n) is 9.43. The third-order valence-electron chi connectivity index (χ3n) is 5.11. The lowest BCUT2D eigenvalue weighted by Crippen LogP contribution is -2.33. The predicted octanol–water partition coefficient (Wildman–Crippen LogP) is 4.26. The molecular weight excluding hydrogens is 324 g/mol. The van der Waals surface area contributed by atoms with Crippen LogP contribution in [-0.4, -0.2) is 33.8 Å². The van der Waals surface area contributed by atoms with Gasteiger partial charge in [-0.2, -0.15) is 9.78 Å². The van der Waals surface area contributed by atoms with E-state index in [9.17, 15) is 4.79 Å². The molecule has 2 aromatic rings. The molecule has 0 radical (unpaired) electrons. The number of anilines is 1. The molecule has 0 aliphatic carbocycles. The maximum Gasteiger partial charge on any atom is 0.346 e. The molecule has 1 aliphatic heterocycles. The van der Waals surface area contributed by atoms with Gasteiger partial charge in [-0.1, -0.05) is 45.4 Å². The number of hydrogen-bond donors (Lipinski definition) is 1. The molecule has 0 saturated carbocycles. The summed E-state index contributed by atoms with van der Waals surface area (Å²) in [6, 6.07) is 5.88. The van der Waals surface area contributed by atoms with Gasteiger partial charge in [-0.15, -0.1) is 0 Å². The molecule has 0 bridgehead atoms. The summed E-state index contributed by atoms with van der Waals surface area (Å²) in [7, 11) is 0. The van der Waals surface area contributed by atoms with Crippen LogP contribution in [-0.2, 0) is 18.4 Å². The molecule has 1 aromatic heterocycles. The molecule has 5 heteroatoms. The van der Waals surface area contributed by atoms with E-state index in [1.54, 1.807) is 4.68 Å². The summed E-state index contributed by atoms with van der Waals surface area (Å²) < 4.78 is 1.60. The smallest absolute Gasteiger partial charge is 0.306 e. The van der Waals surface area contributed by atoms with Crippen molar-refractivity contribution in [1.29, 1.82) is 0 Å². The minimum Gasteiger partial charge on any atom is -0.306 e. The second-order valence-electron chi connectivity index (χ2n) is 8.30. The van der Waals surface area contributed by atoms with Gasteiger partial charge in [-0.25, -0.2) is 4.79 Å². The minimum atomic E-state index is -0.173. The zero-order valence-corrected chi connectivity index (χ0v) is 16.8. The Labute approximate surface area is 156 Å². The Bertz CT molecular complexity index is 829. The highest BCUT2D eigenvalue weighted by atomic mass is 16.2. The molecule has 1 amide bonds. The van der Waals surface area contributed by atoms with Crippen LogP contribution in [0.5, 0.6) is 0 Å². The topological polar surface area (TPSA) is 50.2 Å². The van der Waals surface area contributed by atoms with Crippen molar-refractivity contribution < 1.29 is 4.79 Å². The molecule has 1 aromatic carbocycles. The van der Waals surface area contributed by atoms with Crippen molar-refractivity contribution in [1.82, 2.24) is 14.7 Å². The van der Waals surface area contributed by atoms with E-state index < -0.39 is 0 Å². The first-order chi connectivity index (χ1) is 12.2. The second-order valence-corrected chi connectivity index (χ2v) is 8.30. The number of carbonyl (C=O) groups is 1. The lowest BCUT2D eigenvalue weighted by Gasteiger charge is -2.28. The quantitative estimate of drug-likeness (QED) is 0.877. The van der Waals surface area contributed by atoms with Gasteiger partial charge in [0.2, 0.25) is 0 Å². The summed E-state index contributed by atoms with van der Waals surface area (Å²) >= 11 is 0. The Morgan fingerprint density at radius 1 is 1.27 bits per heavy atom. The zero-order valence-electron chi connectivity index (χ0n) is 16.8. The highest BCUT2D eigenvalue weighted by Gasteiger charge is 2.31. The summed E-state index contributed by atoms with van der Waals surface area (Å²) in [5.41, 5.74) is 6.31. The third-order valence-corrected chi connectivity index (χ3v) is 5.11. The Morgan fingerprint density at radius 2 is 2.00 bits per heavy atom. The Morgan fingerprint density at radius 3 is 2.62 bits per heavy atom. The molecule has 0 unspecified atom stereocenters. The van der Waals surface area contributed by atoms with Gasteiger partial charge in [-0.05, 0) is 32.0 Å². The molecular formula is C21H30N4O. The molecule has 1 N–H and O–H groups in total. The first-order valence-corrected chi connectivity index (χ1v) is 9.43. The van der Waals surface area contributed by atoms with Crippen LogP contribution in [0.2, 0.25) is 0 Å². The highest BCUT2D eigenvalue weighted by molar-refractivity contribution is 5.92. The number of rotatable bonds is 2. The normalized spacial score (nSPS) is 15.0. The van der Waals surface area contributed by atoms with Crippen LogP contribution >= 0.6 is 0 Å². The summed E-state index contributed by atoms with van der Waals surface area (Å²) in [6.45, 7) is 15.6. The van der Waals surface area contributed by atoms with Gasteiger partial charge in [0.05, 0.1) is 11.4 Å². The monoisotopic (exact) mass is 354 g/mol. The molecule has 0 atom stereocenters. The van der Waals surface area contributed by atoms with E-state index in [4.69, 9.17) is 5.10 Å². The van der Waals surface area contributed by atoms with Crippen LogP contribution < -0.4 is 5.32 Å². The summed E-state index contributed by atoms with van der Waals surface area (Å²) in [5, 5.41) is 7.79. The molecule has 0 saturated heterocycles. The number of nitrogens with one attached hydrogen (secondary N) is 1. The van der Waals surface area contributed by atoms with E-state index in [0.29, 0.717) is 0 Å². The van der Waals surface area contributed by atoms with Gasteiger partial charge in [0.15, 0.2) is 0 Å². The standard InChI is InChI=1S/C21H30N4O/c1-7-24-11-10-18-16(13-24)19(21(4,5)6)23-25(18)20(26)22-17-9-8-14(2)12-15(17)3/h8-9,12H,7,10-11,13H2,1-6H3,(H,22,26). The molecule has 3 rings (SSSR count). The lowest BCUT2D eigenvalue weighted by atomic mass is 9.87. The van der Waals surface area contributed by atoms with Gasteiger partial charge in [0, 0.05) is 36.2 Å². The van der Waals surface area contributed by atoms with E-state index >= 15 is 0 Å². The van der Waals surface area contributed by atoms with Crippen LogP contribution in [0.1, 0.15) is 55.8 Å². The number of aryl methyl sites for hydroxylation is 2. The van der Waals surface area contributed by atoms with E-state index in [0.717, 1.165) is 48.7 Å². The predicted molar refractivity (Wildman–Crippen MR) is 106 cm³/mol. The van der Waals surface area contributed by atoms with Crippen LogP contribution in [0.25, 0.3) is 0 Å². The number of carbonyl (C=O) groups excluding carboxylic acids is 1. The lowest BCUT2D eigenvalue weighted by molar-refractivity contribution is 0.245. The van der Waals surface area contributed by atoms with Crippen molar-refractivity contribution in [2.24, 2.45) is 0 Å². The Kier molecular flexibility index (Phi) is 4.93. The number of hydrogen-bond acceptors (Lipinski definition) is 3. The van der Waals surface area contributed by atoms with Crippen molar-refractivity contribution >= 4 is 11.7 Å². The van der Waals surface area contributed by atoms with E-state index in [1.807, 2.05) is 19.1 Å². The van der Waals surface area contributed by atoms with E-state index in [-0.39, 0.29) is 11.4 Å². The molecule has 0 fully saturated rings. The maximum atomic E-state index is 13.0. The van der Waals surface area contributed by atoms with Crippen LogP contribution in [0.4, 0.5) is 10.5 Å². The van der Waals surface area contributed by atoms with Crippen molar-refractivity contribution in [2.45, 2.75) is 59.9 Å². The SMILES string of the molecule is CCN1CCc2c(c(C(C)(C)C)nn2C(=O)Nc2ccc(C)cc2C)C1. The molecule has 5 nitrogen and oxygen atoms in total. The fraction of sp³-hybridized carbons (Fsp3) is 0.524. The van der Waals surface area contributed by atoms with Crippen LogP contribution in [0.3, 0.4) is 0 Å². The minimum absolute atomic E-state index is 0.0911. The molecule has 0 spiro atoms. The average Bonchev–Trinajstić information content (AvgIpc) is 2.96. The molecule has 140 valence electrons. The van der Waals surface area contributed by atoms with Gasteiger partial charge >= 0.3 is 6.03 Å². The summed E-state index contributed by atoms with van der Waals surface area (Å²) in [5.74, 6) is 0. The second kappa shape index (κ2) is 6.88. The van der Waals surface area contributed by atoms with Crippen molar-refractivity contribution in [2.75, 3.05) is 18.4 Å². The number of aromatic nitrogens is 2. The molecule has 2 heterocycles. The number of fused-ring (bicyclic) bond motifs is 1. The molecule has 1 aliphatic rings. The fourth-order valence-electron chi connectivity index (χ4n) is 3.64. The van der Waals surface area contributed by atoms with E-state index in [2.05, 4.69) is 50.9 Å². The number of benzene rings is 1.